The molecule has 2 saturated heterocycles. The first kappa shape index (κ1) is 24.2. The fraction of sp³-hybridized carbons (Fsp3) is 0.481. The third-order valence-electron chi connectivity index (χ3n) is 7.34. The van der Waals surface area contributed by atoms with E-state index in [9.17, 15) is 9.59 Å². The summed E-state index contributed by atoms with van der Waals surface area (Å²) >= 11 is 0. The fourth-order valence-electron chi connectivity index (χ4n) is 5.26. The van der Waals surface area contributed by atoms with Gasteiger partial charge in [-0.2, -0.15) is 0 Å². The Morgan fingerprint density at radius 2 is 1.83 bits per heavy atom. The maximum atomic E-state index is 12.9. The van der Waals surface area contributed by atoms with E-state index in [2.05, 4.69) is 55.4 Å². The number of benzene rings is 1. The summed E-state index contributed by atoms with van der Waals surface area (Å²) < 4.78 is 1.54. The van der Waals surface area contributed by atoms with Gasteiger partial charge in [-0.25, -0.2) is 9.97 Å². The Kier molecular flexibility index (Phi) is 7.46. The van der Waals surface area contributed by atoms with Gasteiger partial charge in [-0.3, -0.25) is 19.1 Å². The monoisotopic (exact) mass is 489 g/mol. The van der Waals surface area contributed by atoms with Gasteiger partial charge in [-0.05, 0) is 50.1 Å². The maximum absolute atomic E-state index is 12.9. The Balaban J connectivity index is 1.09. The van der Waals surface area contributed by atoms with Crippen LogP contribution in [0.15, 0.2) is 53.5 Å². The molecule has 2 fully saturated rings. The summed E-state index contributed by atoms with van der Waals surface area (Å²) in [4.78, 5) is 41.6. The lowest BCUT2D eigenvalue weighted by atomic mass is 9.97. The van der Waals surface area contributed by atoms with Gasteiger partial charge in [-0.1, -0.05) is 18.2 Å². The molecule has 0 aliphatic carbocycles. The Morgan fingerprint density at radius 3 is 2.64 bits per heavy atom. The number of aromatic nitrogens is 3. The third kappa shape index (κ3) is 5.36. The Hall–Kier alpha value is -3.46. The predicted octanol–water partition coefficient (Wildman–Crippen LogP) is 1.87. The van der Waals surface area contributed by atoms with E-state index in [1.165, 1.54) is 5.69 Å². The molecule has 1 aromatic carbocycles. The maximum Gasteiger partial charge on any atom is 0.294 e. The number of nitrogens with one attached hydrogen (secondary N) is 1. The molecule has 5 rings (SSSR count). The molecule has 0 radical (unpaired) electrons. The van der Waals surface area contributed by atoms with Crippen LogP contribution in [0.5, 0.6) is 0 Å². The van der Waals surface area contributed by atoms with Crippen LogP contribution in [0.2, 0.25) is 0 Å². The van der Waals surface area contributed by atoms with Crippen molar-refractivity contribution in [2.24, 2.45) is 13.0 Å². The quantitative estimate of drug-likeness (QED) is 0.507. The second-order valence-electron chi connectivity index (χ2n) is 9.74. The zero-order chi connectivity index (χ0) is 24.9. The van der Waals surface area contributed by atoms with Crippen LogP contribution in [0.1, 0.15) is 19.3 Å². The van der Waals surface area contributed by atoms with E-state index < -0.39 is 0 Å². The van der Waals surface area contributed by atoms with Crippen molar-refractivity contribution in [1.29, 1.82) is 0 Å². The van der Waals surface area contributed by atoms with Crippen molar-refractivity contribution in [3.63, 3.8) is 0 Å². The lowest BCUT2D eigenvalue weighted by Gasteiger charge is -2.36. The first-order chi connectivity index (χ1) is 17.6. The number of pyridine rings is 1. The zero-order valence-corrected chi connectivity index (χ0v) is 21.0. The molecule has 0 unspecified atom stereocenters. The minimum atomic E-state index is -0.172. The van der Waals surface area contributed by atoms with Crippen molar-refractivity contribution >= 4 is 28.6 Å². The van der Waals surface area contributed by atoms with E-state index in [1.54, 1.807) is 17.8 Å². The highest BCUT2D eigenvalue weighted by molar-refractivity contribution is 5.79. The summed E-state index contributed by atoms with van der Waals surface area (Å²) in [6.45, 7) is 7.07. The van der Waals surface area contributed by atoms with Crippen molar-refractivity contribution < 1.29 is 4.79 Å². The van der Waals surface area contributed by atoms with Gasteiger partial charge in [0.2, 0.25) is 5.91 Å². The van der Waals surface area contributed by atoms with E-state index in [1.807, 2.05) is 17.0 Å². The number of hydrogen-bond donors (Lipinski definition) is 1. The molecule has 36 heavy (non-hydrogen) atoms. The fourth-order valence-corrected chi connectivity index (χ4v) is 5.26. The predicted molar refractivity (Wildman–Crippen MR) is 142 cm³/mol. The molecule has 1 atom stereocenters. The van der Waals surface area contributed by atoms with E-state index in [-0.39, 0.29) is 17.4 Å². The molecule has 1 N–H and O–H groups in total. The molecule has 1 amide bonds. The average molecular weight is 490 g/mol. The van der Waals surface area contributed by atoms with Gasteiger partial charge in [0.25, 0.3) is 5.56 Å². The summed E-state index contributed by atoms with van der Waals surface area (Å²) in [6.07, 6.45) is 4.29. The van der Waals surface area contributed by atoms with E-state index >= 15 is 0 Å². The minimum absolute atomic E-state index is 0.0767. The van der Waals surface area contributed by atoms with Gasteiger partial charge < -0.3 is 15.1 Å². The molecule has 3 aromatic rings. The van der Waals surface area contributed by atoms with Gasteiger partial charge in [0, 0.05) is 64.7 Å². The standard InChI is InChI=1S/C27H35N7O2/c1-31-24-23(11-5-12-28-24)30-25(27(31)36)34-15-6-8-21(20-34)26(35)29-13-7-14-32-16-18-33(19-17-32)22-9-3-2-4-10-22/h2-5,9-12,21H,6-8,13-20H2,1H3,(H,29,35)/t21-/m1/s1. The van der Waals surface area contributed by atoms with Gasteiger partial charge in [0.15, 0.2) is 11.5 Å². The van der Waals surface area contributed by atoms with Crippen LogP contribution < -0.4 is 20.7 Å². The second-order valence-corrected chi connectivity index (χ2v) is 9.74. The molecule has 2 aliphatic rings. The zero-order valence-electron chi connectivity index (χ0n) is 21.0. The number of hydrogen-bond acceptors (Lipinski definition) is 7. The smallest absolute Gasteiger partial charge is 0.294 e. The lowest BCUT2D eigenvalue weighted by Crippen LogP contribution is -2.47. The van der Waals surface area contributed by atoms with E-state index in [0.29, 0.717) is 30.1 Å². The van der Waals surface area contributed by atoms with Crippen molar-refractivity contribution in [1.82, 2.24) is 24.8 Å². The highest BCUT2D eigenvalue weighted by Gasteiger charge is 2.28. The number of carbonyl (C=O) groups excluding carboxylic acids is 1. The van der Waals surface area contributed by atoms with Gasteiger partial charge in [0.05, 0.1) is 5.92 Å². The average Bonchev–Trinajstić information content (AvgIpc) is 2.94. The molecular formula is C27H35N7O2. The van der Waals surface area contributed by atoms with Crippen molar-refractivity contribution in [3.05, 3.63) is 59.0 Å². The molecular weight excluding hydrogens is 454 g/mol. The van der Waals surface area contributed by atoms with Crippen molar-refractivity contribution in [2.45, 2.75) is 19.3 Å². The van der Waals surface area contributed by atoms with Crippen LogP contribution in [-0.4, -0.2) is 77.7 Å². The van der Waals surface area contributed by atoms with Crippen LogP contribution in [0.4, 0.5) is 11.5 Å². The Labute approximate surface area is 211 Å². The summed E-state index contributed by atoms with van der Waals surface area (Å²) in [6, 6.07) is 14.3. The third-order valence-corrected chi connectivity index (χ3v) is 7.34. The number of para-hydroxylation sites is 1. The van der Waals surface area contributed by atoms with Crippen LogP contribution in [0, 0.1) is 5.92 Å². The molecule has 9 heteroatoms. The number of carbonyl (C=O) groups is 1. The molecule has 9 nitrogen and oxygen atoms in total. The van der Waals surface area contributed by atoms with E-state index in [4.69, 9.17) is 0 Å². The number of fused-ring (bicyclic) bond motifs is 1. The number of anilines is 2. The summed E-state index contributed by atoms with van der Waals surface area (Å²) in [5.74, 6) is 0.349. The number of piperazine rings is 1. The molecule has 4 heterocycles. The first-order valence-electron chi connectivity index (χ1n) is 13.0. The lowest BCUT2D eigenvalue weighted by molar-refractivity contribution is -0.125. The molecule has 190 valence electrons. The van der Waals surface area contributed by atoms with Crippen molar-refractivity contribution in [3.8, 4) is 0 Å². The molecule has 0 bridgehead atoms. The van der Waals surface area contributed by atoms with Gasteiger partial charge >= 0.3 is 0 Å². The number of rotatable bonds is 7. The van der Waals surface area contributed by atoms with Gasteiger partial charge in [0.1, 0.15) is 5.52 Å². The SMILES string of the molecule is Cn1c(=O)c(N2CCC[C@@H](C(=O)NCCCN3CCN(c4ccccc4)CC3)C2)nc2cccnc21. The highest BCUT2D eigenvalue weighted by atomic mass is 16.2. The summed E-state index contributed by atoms with van der Waals surface area (Å²) in [7, 11) is 1.72. The molecule has 2 aromatic heterocycles. The number of nitrogens with zero attached hydrogens (tertiary/aromatic N) is 6. The first-order valence-corrected chi connectivity index (χ1v) is 13.0. The van der Waals surface area contributed by atoms with E-state index in [0.717, 1.165) is 58.5 Å². The van der Waals surface area contributed by atoms with Crippen LogP contribution in [0.25, 0.3) is 11.2 Å². The Bertz CT molecular complexity index is 1240. The van der Waals surface area contributed by atoms with Crippen molar-refractivity contribution in [2.75, 3.05) is 62.2 Å². The summed E-state index contributed by atoms with van der Waals surface area (Å²) in [5.41, 5.74) is 2.37. The largest absolute Gasteiger partial charge is 0.369 e. The van der Waals surface area contributed by atoms with Crippen LogP contribution in [-0.2, 0) is 11.8 Å². The van der Waals surface area contributed by atoms with Crippen LogP contribution in [0.3, 0.4) is 0 Å². The number of piperidine rings is 1. The summed E-state index contributed by atoms with van der Waals surface area (Å²) in [5, 5.41) is 3.14. The molecule has 0 spiro atoms. The minimum Gasteiger partial charge on any atom is -0.369 e. The van der Waals surface area contributed by atoms with Gasteiger partial charge in [-0.15, -0.1) is 0 Å². The normalized spacial score (nSPS) is 19.0. The number of amides is 1. The highest BCUT2D eigenvalue weighted by Crippen LogP contribution is 2.21. The Morgan fingerprint density at radius 1 is 1.03 bits per heavy atom. The topological polar surface area (TPSA) is 86.6 Å². The molecule has 2 aliphatic heterocycles. The molecule has 0 saturated carbocycles. The number of aryl methyl sites for hydroxylation is 1. The van der Waals surface area contributed by atoms with Crippen LogP contribution >= 0.6 is 0 Å². The second kappa shape index (κ2) is 11.1.